The SMILES string of the molecule is Cc1cc2nc3sc2c(c1C(OC(C)(C)C)C(=O)O)-c1ccc2c(c1)C(CCCC[C@H](C)Oc1c(ccc4c1cnn4C)C1CN3CCN1C)CCO2. The van der Waals surface area contributed by atoms with Gasteiger partial charge in [-0.1, -0.05) is 29.9 Å². The molecule has 8 rings (SSSR count). The van der Waals surface area contributed by atoms with Gasteiger partial charge in [0, 0.05) is 43.4 Å². The third-order valence-corrected chi connectivity index (χ3v) is 12.4. The van der Waals surface area contributed by atoms with E-state index in [2.05, 4.69) is 59.2 Å². The van der Waals surface area contributed by atoms with Crippen LogP contribution in [0.1, 0.15) is 100 Å². The highest BCUT2D eigenvalue weighted by Gasteiger charge is 2.35. The first kappa shape index (κ1) is 35.8. The summed E-state index contributed by atoms with van der Waals surface area (Å²) in [4.78, 5) is 23.2. The van der Waals surface area contributed by atoms with Gasteiger partial charge in [-0.2, -0.15) is 5.10 Å². The monoisotopic (exact) mass is 737 g/mol. The second-order valence-corrected chi connectivity index (χ2v) is 17.2. The Labute approximate surface area is 315 Å². The van der Waals surface area contributed by atoms with Gasteiger partial charge in [0.1, 0.15) is 11.5 Å². The van der Waals surface area contributed by atoms with Crippen LogP contribution in [-0.2, 0) is 16.6 Å². The first-order valence-corrected chi connectivity index (χ1v) is 19.9. The van der Waals surface area contributed by atoms with E-state index in [1.807, 2.05) is 51.7 Å². The van der Waals surface area contributed by atoms with Gasteiger partial charge >= 0.3 is 5.97 Å². The number of anilines is 1. The molecule has 53 heavy (non-hydrogen) atoms. The van der Waals surface area contributed by atoms with Gasteiger partial charge in [0.25, 0.3) is 0 Å². The number of ether oxygens (including phenoxy) is 3. The number of hydrogen-bond acceptors (Lipinski definition) is 9. The number of carbonyl (C=O) groups is 1. The number of aryl methyl sites for hydroxylation is 2. The predicted molar refractivity (Wildman–Crippen MR) is 211 cm³/mol. The summed E-state index contributed by atoms with van der Waals surface area (Å²) >= 11 is 1.64. The minimum atomic E-state index is -1.15. The Bertz CT molecular complexity index is 2190. The molecule has 0 aliphatic carbocycles. The van der Waals surface area contributed by atoms with E-state index in [9.17, 15) is 9.90 Å². The molecule has 10 nitrogen and oxygen atoms in total. The van der Waals surface area contributed by atoms with Crippen LogP contribution in [0, 0.1) is 6.92 Å². The van der Waals surface area contributed by atoms with Crippen molar-refractivity contribution in [3.63, 3.8) is 0 Å². The average molecular weight is 738 g/mol. The topological polar surface area (TPSA) is 102 Å². The van der Waals surface area contributed by atoms with E-state index >= 15 is 0 Å². The first-order chi connectivity index (χ1) is 25.4. The number of carboxylic acids is 1. The van der Waals surface area contributed by atoms with Crippen LogP contribution in [0.25, 0.3) is 32.2 Å². The molecule has 0 amide bonds. The Morgan fingerprint density at radius 2 is 1.87 bits per heavy atom. The van der Waals surface area contributed by atoms with Crippen LogP contribution in [0.15, 0.2) is 42.6 Å². The summed E-state index contributed by atoms with van der Waals surface area (Å²) in [6.45, 7) is 13.0. The zero-order valence-corrected chi connectivity index (χ0v) is 32.8. The number of likely N-dealkylation sites (N-methyl/N-ethyl adjacent to an activating group) is 1. The standard InChI is InChI=1S/C42H51N5O5S/c1-24-20-31-39-36(35(24)38(40(48)49)52-42(3,4)5)27-12-15-34-29(21-27)26(16-19-50-34)11-9-8-10-25(2)51-37-28(13-14-32-30(37)22-43-46(32)7)33-23-47(18-17-45(33)6)41(44-31)53-39/h12-15,20-22,25-26,33,38H,8-11,16-19,23H2,1-7H3,(H,48,49)/t25-,26?,33?,38?/m0/s1. The number of carboxylic acid groups (broad SMARTS) is 1. The molecule has 4 atom stereocenters. The van der Waals surface area contributed by atoms with Crippen molar-refractivity contribution in [2.75, 3.05) is 38.2 Å². The summed E-state index contributed by atoms with van der Waals surface area (Å²) in [7, 11) is 4.18. The molecule has 5 heterocycles. The van der Waals surface area contributed by atoms with E-state index in [0.717, 1.165) is 112 Å². The van der Waals surface area contributed by atoms with E-state index in [1.54, 1.807) is 11.3 Å². The second-order valence-electron chi connectivity index (χ2n) is 16.2. The molecule has 5 aromatic rings. The van der Waals surface area contributed by atoms with Crippen molar-refractivity contribution < 1.29 is 24.1 Å². The number of piperazine rings is 1. The molecular formula is C42H51N5O5S. The number of aliphatic carboxylic acids is 1. The van der Waals surface area contributed by atoms with Crippen molar-refractivity contribution >= 4 is 43.6 Å². The Kier molecular flexibility index (Phi) is 9.40. The molecule has 0 spiro atoms. The van der Waals surface area contributed by atoms with E-state index in [0.29, 0.717) is 18.1 Å². The lowest BCUT2D eigenvalue weighted by atomic mass is 9.85. The number of fused-ring (bicyclic) bond motifs is 10. The van der Waals surface area contributed by atoms with Crippen molar-refractivity contribution in [2.24, 2.45) is 7.05 Å². The Hall–Kier alpha value is -4.19. The lowest BCUT2D eigenvalue weighted by molar-refractivity contribution is -0.160. The lowest BCUT2D eigenvalue weighted by Crippen LogP contribution is -2.46. The number of nitrogens with zero attached hydrogens (tertiary/aromatic N) is 5. The smallest absolute Gasteiger partial charge is 0.337 e. The van der Waals surface area contributed by atoms with Crippen molar-refractivity contribution in [1.29, 1.82) is 0 Å². The zero-order chi connectivity index (χ0) is 37.2. The normalized spacial score (nSPS) is 21.7. The van der Waals surface area contributed by atoms with Crippen molar-refractivity contribution in [3.8, 4) is 22.6 Å². The maximum absolute atomic E-state index is 13.1. The highest BCUT2D eigenvalue weighted by Crippen LogP contribution is 2.48. The van der Waals surface area contributed by atoms with Crippen LogP contribution in [0.2, 0.25) is 0 Å². The molecule has 0 radical (unpaired) electrons. The van der Waals surface area contributed by atoms with Gasteiger partial charge in [-0.25, -0.2) is 9.78 Å². The van der Waals surface area contributed by atoms with E-state index in [4.69, 9.17) is 19.2 Å². The van der Waals surface area contributed by atoms with Crippen molar-refractivity contribution in [1.82, 2.24) is 19.7 Å². The third kappa shape index (κ3) is 6.76. The summed E-state index contributed by atoms with van der Waals surface area (Å²) in [5.41, 5.74) is 7.02. The summed E-state index contributed by atoms with van der Waals surface area (Å²) in [6, 6.07) is 12.9. The number of thiazole rings is 1. The summed E-state index contributed by atoms with van der Waals surface area (Å²) in [6.07, 6.45) is 5.91. The van der Waals surface area contributed by atoms with Gasteiger partial charge in [-0.05, 0) is 114 Å². The maximum Gasteiger partial charge on any atom is 0.337 e. The molecule has 3 aromatic carbocycles. The molecule has 3 aliphatic heterocycles. The van der Waals surface area contributed by atoms with Crippen LogP contribution >= 0.6 is 11.3 Å². The van der Waals surface area contributed by atoms with Gasteiger partial charge in [-0.3, -0.25) is 9.58 Å². The summed E-state index contributed by atoms with van der Waals surface area (Å²) in [5.74, 6) is 1.19. The number of benzene rings is 3. The third-order valence-electron chi connectivity index (χ3n) is 11.3. The van der Waals surface area contributed by atoms with Crippen LogP contribution in [0.4, 0.5) is 5.13 Å². The molecule has 3 aliphatic rings. The Morgan fingerprint density at radius 1 is 1.06 bits per heavy atom. The van der Waals surface area contributed by atoms with Gasteiger partial charge in [-0.15, -0.1) is 0 Å². The fourth-order valence-corrected chi connectivity index (χ4v) is 9.71. The minimum Gasteiger partial charge on any atom is -0.493 e. The van der Waals surface area contributed by atoms with Crippen LogP contribution in [0.5, 0.6) is 11.5 Å². The van der Waals surface area contributed by atoms with Crippen molar-refractivity contribution in [2.45, 2.75) is 96.5 Å². The molecule has 0 saturated carbocycles. The lowest BCUT2D eigenvalue weighted by Gasteiger charge is -2.40. The summed E-state index contributed by atoms with van der Waals surface area (Å²) < 4.78 is 22.4. The molecule has 1 saturated heterocycles. The quantitative estimate of drug-likeness (QED) is 0.195. The van der Waals surface area contributed by atoms with E-state index in [1.165, 1.54) is 5.56 Å². The molecule has 11 heteroatoms. The van der Waals surface area contributed by atoms with Gasteiger partial charge < -0.3 is 24.2 Å². The van der Waals surface area contributed by atoms with Gasteiger partial charge in [0.15, 0.2) is 11.2 Å². The number of hydrogen-bond donors (Lipinski definition) is 1. The van der Waals surface area contributed by atoms with Crippen LogP contribution in [-0.4, -0.2) is 75.7 Å². The largest absolute Gasteiger partial charge is 0.493 e. The first-order valence-electron chi connectivity index (χ1n) is 19.0. The average Bonchev–Trinajstić information content (AvgIpc) is 3.71. The fraction of sp³-hybridized carbons (Fsp3) is 0.500. The van der Waals surface area contributed by atoms with Gasteiger partial charge in [0.2, 0.25) is 0 Å². The molecular weight excluding hydrogens is 687 g/mol. The Morgan fingerprint density at radius 3 is 2.66 bits per heavy atom. The number of rotatable bonds is 3. The zero-order valence-electron chi connectivity index (χ0n) is 31.9. The second kappa shape index (κ2) is 13.9. The fourth-order valence-electron chi connectivity index (χ4n) is 8.55. The highest BCUT2D eigenvalue weighted by atomic mass is 32.1. The van der Waals surface area contributed by atoms with E-state index < -0.39 is 17.7 Å². The molecule has 2 aromatic heterocycles. The van der Waals surface area contributed by atoms with E-state index in [-0.39, 0.29) is 12.1 Å². The van der Waals surface area contributed by atoms with Crippen molar-refractivity contribution in [3.05, 3.63) is 64.8 Å². The minimum absolute atomic E-state index is 0.0424. The molecule has 1 N–H and O–H groups in total. The summed E-state index contributed by atoms with van der Waals surface area (Å²) in [5, 5.41) is 17.3. The van der Waals surface area contributed by atoms with Crippen LogP contribution < -0.4 is 14.4 Å². The molecule has 3 unspecified atom stereocenters. The van der Waals surface area contributed by atoms with Gasteiger partial charge in [0.05, 0.1) is 51.7 Å². The highest BCUT2D eigenvalue weighted by molar-refractivity contribution is 7.22. The molecule has 6 bridgehead atoms. The maximum atomic E-state index is 13.1. The predicted octanol–water partition coefficient (Wildman–Crippen LogP) is 8.80. The Balaban J connectivity index is 1.33. The van der Waals surface area contributed by atoms with Crippen LogP contribution in [0.3, 0.4) is 0 Å². The number of aromatic nitrogens is 3. The molecule has 280 valence electrons. The molecule has 1 fully saturated rings.